The van der Waals surface area contributed by atoms with Crippen molar-refractivity contribution in [2.24, 2.45) is 0 Å². The highest BCUT2D eigenvalue weighted by molar-refractivity contribution is 6.14. The second kappa shape index (κ2) is 6.10. The number of hydrogen-bond acceptors (Lipinski definition) is 3. The number of nitrogens with zero attached hydrogens (tertiary/aromatic N) is 4. The molecule has 2 aliphatic rings. The molecule has 0 bridgehead atoms. The standard InChI is InChI=1S/C31H18N4/c1-2-6-20-17(5-1)14-23-21(20)10-9-18-13-19-15-24-25(16-22(19)28(18)23)30-34-26-7-3-12-33-31(26)35(30)27-8-4-11-32-29(24)27/h1-12,15-16H,13-14H2. The SMILES string of the molecule is c1ccc2c(c1)Cc1c-2ccc2c1-c1cc3c(cc1C2)c1ncccc1n1c2ncccc2nc31. The van der Waals surface area contributed by atoms with Gasteiger partial charge in [-0.1, -0.05) is 36.4 Å². The van der Waals surface area contributed by atoms with Gasteiger partial charge in [0.1, 0.15) is 11.2 Å². The summed E-state index contributed by atoms with van der Waals surface area (Å²) in [5.74, 6) is 0. The highest BCUT2D eigenvalue weighted by atomic mass is 15.1. The van der Waals surface area contributed by atoms with Crippen LogP contribution in [0.3, 0.4) is 0 Å². The van der Waals surface area contributed by atoms with Gasteiger partial charge >= 0.3 is 0 Å². The molecule has 0 unspecified atom stereocenters. The first-order valence-corrected chi connectivity index (χ1v) is 12.0. The number of fused-ring (bicyclic) bond motifs is 15. The molecule has 0 aliphatic heterocycles. The molecule has 4 nitrogen and oxygen atoms in total. The Morgan fingerprint density at radius 1 is 0.629 bits per heavy atom. The highest BCUT2D eigenvalue weighted by Crippen LogP contribution is 2.49. The molecule has 3 aromatic carbocycles. The maximum absolute atomic E-state index is 5.05. The van der Waals surface area contributed by atoms with Crippen LogP contribution >= 0.6 is 0 Å². The van der Waals surface area contributed by atoms with Crippen LogP contribution < -0.4 is 0 Å². The topological polar surface area (TPSA) is 43.1 Å². The van der Waals surface area contributed by atoms with E-state index in [1.54, 1.807) is 0 Å². The summed E-state index contributed by atoms with van der Waals surface area (Å²) in [5, 5.41) is 2.30. The molecule has 2 aliphatic carbocycles. The van der Waals surface area contributed by atoms with E-state index in [4.69, 9.17) is 9.97 Å². The Morgan fingerprint density at radius 3 is 2.54 bits per heavy atom. The zero-order chi connectivity index (χ0) is 22.7. The number of pyridine rings is 3. The molecule has 4 heteroatoms. The van der Waals surface area contributed by atoms with Gasteiger partial charge in [0, 0.05) is 23.2 Å². The van der Waals surface area contributed by atoms with Crippen molar-refractivity contribution in [3.05, 3.63) is 107 Å². The summed E-state index contributed by atoms with van der Waals surface area (Å²) >= 11 is 0. The van der Waals surface area contributed by atoms with E-state index in [1.807, 2.05) is 30.6 Å². The van der Waals surface area contributed by atoms with Crippen LogP contribution in [-0.4, -0.2) is 19.4 Å². The van der Waals surface area contributed by atoms with Gasteiger partial charge in [0.05, 0.1) is 11.0 Å². The normalized spacial score (nSPS) is 13.5. The number of rotatable bonds is 0. The molecule has 35 heavy (non-hydrogen) atoms. The predicted octanol–water partition coefficient (Wildman–Crippen LogP) is 6.73. The van der Waals surface area contributed by atoms with Gasteiger partial charge in [-0.05, 0) is 93.7 Å². The Balaban J connectivity index is 1.42. The van der Waals surface area contributed by atoms with Crippen LogP contribution in [0.1, 0.15) is 22.3 Å². The van der Waals surface area contributed by atoms with Crippen LogP contribution in [0.4, 0.5) is 0 Å². The van der Waals surface area contributed by atoms with E-state index in [0.29, 0.717) is 0 Å². The van der Waals surface area contributed by atoms with Crippen molar-refractivity contribution in [2.75, 3.05) is 0 Å². The molecule has 0 saturated heterocycles. The van der Waals surface area contributed by atoms with E-state index in [1.165, 1.54) is 44.5 Å². The lowest BCUT2D eigenvalue weighted by Crippen LogP contribution is -1.95. The minimum absolute atomic E-state index is 0.875. The smallest absolute Gasteiger partial charge is 0.165 e. The lowest BCUT2D eigenvalue weighted by Gasteiger charge is -2.12. The monoisotopic (exact) mass is 446 g/mol. The molecule has 0 N–H and O–H groups in total. The second-order valence-electron chi connectivity index (χ2n) is 9.68. The first-order chi connectivity index (χ1) is 17.3. The van der Waals surface area contributed by atoms with Crippen molar-refractivity contribution in [1.29, 1.82) is 0 Å². The summed E-state index contributed by atoms with van der Waals surface area (Å²) in [5.41, 5.74) is 16.0. The van der Waals surface area contributed by atoms with Crippen molar-refractivity contribution >= 4 is 38.6 Å². The van der Waals surface area contributed by atoms with Crippen LogP contribution in [-0.2, 0) is 12.8 Å². The lowest BCUT2D eigenvalue weighted by atomic mass is 9.94. The summed E-state index contributed by atoms with van der Waals surface area (Å²) in [6.07, 6.45) is 5.68. The average Bonchev–Trinajstić information content (AvgIpc) is 3.58. The van der Waals surface area contributed by atoms with Gasteiger partial charge in [-0.3, -0.25) is 9.38 Å². The fraction of sp³-hybridized carbons (Fsp3) is 0.0645. The summed E-state index contributed by atoms with van der Waals surface area (Å²) in [7, 11) is 0. The molecule has 4 heterocycles. The number of benzene rings is 3. The molecule has 0 amide bonds. The fourth-order valence-electron chi connectivity index (χ4n) is 6.46. The summed E-state index contributed by atoms with van der Waals surface area (Å²) in [4.78, 5) is 14.6. The Hall–Kier alpha value is -4.57. The molecule has 0 spiro atoms. The van der Waals surface area contributed by atoms with Crippen molar-refractivity contribution in [2.45, 2.75) is 12.8 Å². The molecule has 0 atom stereocenters. The van der Waals surface area contributed by atoms with Gasteiger partial charge in [0.2, 0.25) is 0 Å². The molecule has 7 aromatic rings. The summed E-state index contributed by atoms with van der Waals surface area (Å²) < 4.78 is 2.17. The first kappa shape index (κ1) is 17.8. The fourth-order valence-corrected chi connectivity index (χ4v) is 6.46. The van der Waals surface area contributed by atoms with E-state index in [9.17, 15) is 0 Å². The van der Waals surface area contributed by atoms with E-state index in [-0.39, 0.29) is 0 Å². The maximum Gasteiger partial charge on any atom is 0.165 e. The third kappa shape index (κ3) is 2.15. The van der Waals surface area contributed by atoms with Gasteiger partial charge < -0.3 is 0 Å². The minimum Gasteiger partial charge on any atom is -0.274 e. The second-order valence-corrected chi connectivity index (χ2v) is 9.68. The Kier molecular flexibility index (Phi) is 3.11. The highest BCUT2D eigenvalue weighted by Gasteiger charge is 2.29. The molecular formula is C31H18N4. The van der Waals surface area contributed by atoms with E-state index in [0.717, 1.165) is 51.5 Å². The molecular weight excluding hydrogens is 428 g/mol. The van der Waals surface area contributed by atoms with Crippen LogP contribution in [0.15, 0.2) is 85.2 Å². The zero-order valence-electron chi connectivity index (χ0n) is 18.8. The van der Waals surface area contributed by atoms with Crippen molar-refractivity contribution in [3.63, 3.8) is 0 Å². The maximum atomic E-state index is 5.05. The van der Waals surface area contributed by atoms with Crippen LogP contribution in [0.25, 0.3) is 60.9 Å². The first-order valence-electron chi connectivity index (χ1n) is 12.0. The molecule has 4 aromatic heterocycles. The molecule has 0 radical (unpaired) electrons. The van der Waals surface area contributed by atoms with Gasteiger partial charge in [-0.2, -0.15) is 0 Å². The van der Waals surface area contributed by atoms with E-state index < -0.39 is 0 Å². The van der Waals surface area contributed by atoms with Gasteiger partial charge in [-0.25, -0.2) is 9.97 Å². The molecule has 0 saturated carbocycles. The van der Waals surface area contributed by atoms with Crippen molar-refractivity contribution in [1.82, 2.24) is 19.4 Å². The lowest BCUT2D eigenvalue weighted by molar-refractivity contribution is 1.23. The predicted molar refractivity (Wildman–Crippen MR) is 140 cm³/mol. The number of imidazole rings is 1. The molecule has 162 valence electrons. The van der Waals surface area contributed by atoms with E-state index in [2.05, 4.69) is 64.0 Å². The molecule has 0 fully saturated rings. The third-order valence-electron chi connectivity index (χ3n) is 7.91. The number of hydrogen-bond donors (Lipinski definition) is 0. The average molecular weight is 447 g/mol. The van der Waals surface area contributed by atoms with Gasteiger partial charge in [-0.15, -0.1) is 0 Å². The zero-order valence-corrected chi connectivity index (χ0v) is 18.8. The van der Waals surface area contributed by atoms with Crippen molar-refractivity contribution in [3.8, 4) is 22.3 Å². The van der Waals surface area contributed by atoms with Crippen LogP contribution in [0.2, 0.25) is 0 Å². The van der Waals surface area contributed by atoms with Gasteiger partial charge in [0.15, 0.2) is 5.65 Å². The Morgan fingerprint density at radius 2 is 1.54 bits per heavy atom. The summed E-state index contributed by atoms with van der Waals surface area (Å²) in [6, 6.07) is 26.3. The van der Waals surface area contributed by atoms with Crippen LogP contribution in [0.5, 0.6) is 0 Å². The number of aromatic nitrogens is 4. The molecule has 9 rings (SSSR count). The van der Waals surface area contributed by atoms with Gasteiger partial charge in [0.25, 0.3) is 0 Å². The Labute approximate surface area is 200 Å². The van der Waals surface area contributed by atoms with Crippen molar-refractivity contribution < 1.29 is 0 Å². The van der Waals surface area contributed by atoms with E-state index >= 15 is 0 Å². The third-order valence-corrected chi connectivity index (χ3v) is 7.91. The minimum atomic E-state index is 0.875. The Bertz CT molecular complexity index is 2070. The largest absolute Gasteiger partial charge is 0.274 e. The quantitative estimate of drug-likeness (QED) is 0.243. The van der Waals surface area contributed by atoms with Crippen LogP contribution in [0, 0.1) is 0 Å². The summed E-state index contributed by atoms with van der Waals surface area (Å²) in [6.45, 7) is 0.